The predicted octanol–water partition coefficient (Wildman–Crippen LogP) is 4.59. The van der Waals surface area contributed by atoms with Gasteiger partial charge in [0, 0.05) is 4.47 Å². The van der Waals surface area contributed by atoms with Crippen LogP contribution in [0.2, 0.25) is 0 Å². The molecule has 70 valence electrons. The first-order valence-electron chi connectivity index (χ1n) is 3.49. The fourth-order valence-electron chi connectivity index (χ4n) is 0.896. The van der Waals surface area contributed by atoms with E-state index in [1.807, 2.05) is 23.2 Å². The van der Waals surface area contributed by atoms with E-state index in [-0.39, 0.29) is 0 Å². The van der Waals surface area contributed by atoms with Crippen molar-refractivity contribution < 1.29 is 4.74 Å². The summed E-state index contributed by atoms with van der Waals surface area (Å²) in [7, 11) is 1.65. The molecule has 4 heteroatoms. The smallest absolute Gasteiger partial charge is 0.134 e. The quantitative estimate of drug-likeness (QED) is 0.740. The van der Waals surface area contributed by atoms with Gasteiger partial charge < -0.3 is 4.74 Å². The second-order valence-electron chi connectivity index (χ2n) is 2.30. The van der Waals surface area contributed by atoms with Crippen LogP contribution in [0, 0.1) is 0 Å². The van der Waals surface area contributed by atoms with Gasteiger partial charge in [-0.1, -0.05) is 31.9 Å². The van der Waals surface area contributed by atoms with Crippen LogP contribution >= 0.6 is 47.8 Å². The van der Waals surface area contributed by atoms with Gasteiger partial charge in [0.2, 0.25) is 0 Å². The largest absolute Gasteiger partial charge is 0.496 e. The highest BCUT2D eigenvalue weighted by Gasteiger charge is 2.04. The van der Waals surface area contributed by atoms with Crippen LogP contribution in [-0.4, -0.2) is 7.11 Å². The number of ether oxygens (including phenoxy) is 1. The van der Waals surface area contributed by atoms with Gasteiger partial charge in [0.25, 0.3) is 0 Å². The molecule has 0 fully saturated rings. The molecule has 1 rings (SSSR count). The second-order valence-corrected chi connectivity index (χ2v) is 4.54. The van der Waals surface area contributed by atoms with Crippen LogP contribution in [0.5, 0.6) is 5.75 Å². The minimum atomic E-state index is 0.818. The lowest BCUT2D eigenvalue weighted by Crippen LogP contribution is -1.86. The van der Waals surface area contributed by atoms with Crippen LogP contribution < -0.4 is 4.74 Å². The van der Waals surface area contributed by atoms with E-state index in [1.165, 1.54) is 0 Å². The summed E-state index contributed by atoms with van der Waals surface area (Å²) in [5.41, 5.74) is 1.09. The van der Waals surface area contributed by atoms with Crippen LogP contribution in [0.1, 0.15) is 5.56 Å². The minimum Gasteiger partial charge on any atom is -0.496 e. The SMILES string of the molecule is COc1cc(Br)c(/C=C\Br)cc1Br. The maximum Gasteiger partial charge on any atom is 0.134 e. The van der Waals surface area contributed by atoms with Crippen molar-refractivity contribution in [2.45, 2.75) is 0 Å². The van der Waals surface area contributed by atoms with Crippen molar-refractivity contribution in [3.05, 3.63) is 31.6 Å². The first kappa shape index (κ1) is 11.3. The van der Waals surface area contributed by atoms with Gasteiger partial charge in [0.15, 0.2) is 0 Å². The fourth-order valence-corrected chi connectivity index (χ4v) is 2.16. The summed E-state index contributed by atoms with van der Waals surface area (Å²) in [5, 5.41) is 0. The first-order valence-corrected chi connectivity index (χ1v) is 5.99. The molecule has 0 radical (unpaired) electrons. The van der Waals surface area contributed by atoms with Crippen molar-refractivity contribution in [1.29, 1.82) is 0 Å². The topological polar surface area (TPSA) is 9.23 Å². The average molecular weight is 371 g/mol. The molecule has 1 aromatic carbocycles. The number of methoxy groups -OCH3 is 1. The van der Waals surface area contributed by atoms with Gasteiger partial charge in [-0.25, -0.2) is 0 Å². The Morgan fingerprint density at radius 3 is 2.46 bits per heavy atom. The third-order valence-corrected chi connectivity index (χ3v) is 3.08. The normalized spacial score (nSPS) is 10.8. The molecule has 0 saturated carbocycles. The molecule has 0 aromatic heterocycles. The van der Waals surface area contributed by atoms with Gasteiger partial charge in [-0.2, -0.15) is 0 Å². The fraction of sp³-hybridized carbons (Fsp3) is 0.111. The van der Waals surface area contributed by atoms with Crippen molar-refractivity contribution in [2.24, 2.45) is 0 Å². The van der Waals surface area contributed by atoms with E-state index in [9.17, 15) is 0 Å². The Bertz CT molecular complexity index is 334. The van der Waals surface area contributed by atoms with Gasteiger partial charge in [-0.15, -0.1) is 0 Å². The third-order valence-electron chi connectivity index (χ3n) is 1.51. The summed E-state index contributed by atoms with van der Waals surface area (Å²) in [4.78, 5) is 1.81. The Labute approximate surface area is 103 Å². The Hall–Kier alpha value is 0.200. The average Bonchev–Trinajstić information content (AvgIpc) is 2.11. The molecular formula is C9H7Br3O. The minimum absolute atomic E-state index is 0.818. The second kappa shape index (κ2) is 5.17. The molecule has 1 aromatic rings. The predicted molar refractivity (Wildman–Crippen MR) is 66.4 cm³/mol. The van der Waals surface area contributed by atoms with Gasteiger partial charge in [-0.3, -0.25) is 0 Å². The Kier molecular flexibility index (Phi) is 4.49. The summed E-state index contributed by atoms with van der Waals surface area (Å²) in [5.74, 6) is 0.818. The molecule has 0 unspecified atom stereocenters. The standard InChI is InChI=1S/C9H7Br3O/c1-13-9-5-7(11)6(2-3-10)4-8(9)12/h2-5H,1H3/b3-2-. The molecule has 0 amide bonds. The molecule has 0 heterocycles. The summed E-state index contributed by atoms with van der Waals surface area (Å²) in [6, 6.07) is 3.91. The molecular weight excluding hydrogens is 364 g/mol. The number of rotatable bonds is 2. The molecule has 0 aliphatic rings. The maximum absolute atomic E-state index is 5.15. The van der Waals surface area contributed by atoms with Crippen molar-refractivity contribution >= 4 is 53.9 Å². The monoisotopic (exact) mass is 368 g/mol. The molecule has 0 atom stereocenters. The van der Waals surface area contributed by atoms with E-state index >= 15 is 0 Å². The highest BCUT2D eigenvalue weighted by molar-refractivity contribution is 9.11. The zero-order valence-electron chi connectivity index (χ0n) is 6.85. The zero-order valence-corrected chi connectivity index (χ0v) is 11.6. The summed E-state index contributed by atoms with van der Waals surface area (Å²) in [6.45, 7) is 0. The summed E-state index contributed by atoms with van der Waals surface area (Å²) in [6.07, 6.45) is 1.95. The van der Waals surface area contributed by atoms with E-state index in [2.05, 4.69) is 47.8 Å². The molecule has 0 bridgehead atoms. The lowest BCUT2D eigenvalue weighted by atomic mass is 10.2. The molecule has 1 nitrogen and oxygen atoms in total. The number of benzene rings is 1. The van der Waals surface area contributed by atoms with Crippen molar-refractivity contribution in [2.75, 3.05) is 7.11 Å². The number of hydrogen-bond donors (Lipinski definition) is 0. The van der Waals surface area contributed by atoms with Crippen LogP contribution in [0.4, 0.5) is 0 Å². The Morgan fingerprint density at radius 2 is 1.92 bits per heavy atom. The van der Waals surface area contributed by atoms with Gasteiger partial charge >= 0.3 is 0 Å². The molecule has 13 heavy (non-hydrogen) atoms. The van der Waals surface area contributed by atoms with Gasteiger partial charge in [-0.05, 0) is 44.7 Å². The molecule has 0 aliphatic carbocycles. The Morgan fingerprint density at radius 1 is 1.23 bits per heavy atom. The zero-order chi connectivity index (χ0) is 9.84. The van der Waals surface area contributed by atoms with E-state index < -0.39 is 0 Å². The highest BCUT2D eigenvalue weighted by atomic mass is 79.9. The molecule has 0 aliphatic heterocycles. The van der Waals surface area contributed by atoms with Crippen LogP contribution in [-0.2, 0) is 0 Å². The van der Waals surface area contributed by atoms with E-state index in [4.69, 9.17) is 4.74 Å². The first-order chi connectivity index (χ1) is 6.19. The van der Waals surface area contributed by atoms with Gasteiger partial charge in [0.1, 0.15) is 5.75 Å². The maximum atomic E-state index is 5.15. The summed E-state index contributed by atoms with van der Waals surface area (Å²) < 4.78 is 7.09. The molecule has 0 N–H and O–H groups in total. The van der Waals surface area contributed by atoms with Gasteiger partial charge in [0.05, 0.1) is 11.6 Å². The Balaban J connectivity index is 3.20. The van der Waals surface area contributed by atoms with E-state index in [1.54, 1.807) is 7.11 Å². The van der Waals surface area contributed by atoms with E-state index in [0.717, 1.165) is 20.3 Å². The van der Waals surface area contributed by atoms with Crippen molar-refractivity contribution in [3.8, 4) is 5.75 Å². The van der Waals surface area contributed by atoms with Crippen LogP contribution in [0.25, 0.3) is 6.08 Å². The number of hydrogen-bond acceptors (Lipinski definition) is 1. The van der Waals surface area contributed by atoms with Crippen molar-refractivity contribution in [3.63, 3.8) is 0 Å². The third kappa shape index (κ3) is 2.82. The van der Waals surface area contributed by atoms with Crippen LogP contribution in [0.3, 0.4) is 0 Å². The van der Waals surface area contributed by atoms with Crippen LogP contribution in [0.15, 0.2) is 26.1 Å². The highest BCUT2D eigenvalue weighted by Crippen LogP contribution is 2.32. The van der Waals surface area contributed by atoms with Crippen molar-refractivity contribution in [1.82, 2.24) is 0 Å². The summed E-state index contributed by atoms with van der Waals surface area (Å²) >= 11 is 10.1. The molecule has 0 saturated heterocycles. The van der Waals surface area contributed by atoms with E-state index in [0.29, 0.717) is 0 Å². The number of halogens is 3. The lowest BCUT2D eigenvalue weighted by molar-refractivity contribution is 0.412. The molecule has 0 spiro atoms. The lowest BCUT2D eigenvalue weighted by Gasteiger charge is -2.05.